The Morgan fingerprint density at radius 2 is 1.90 bits per heavy atom. The van der Waals surface area contributed by atoms with E-state index in [2.05, 4.69) is 10.1 Å². The minimum atomic E-state index is -1.57. The van der Waals surface area contributed by atoms with Gasteiger partial charge in [0, 0.05) is 40.8 Å². The van der Waals surface area contributed by atoms with E-state index in [1.807, 2.05) is 64.0 Å². The molecule has 16 atom stereocenters. The van der Waals surface area contributed by atoms with E-state index in [1.54, 1.807) is 33.8 Å². The van der Waals surface area contributed by atoms with Crippen molar-refractivity contribution >= 4 is 40.8 Å². The molecule has 0 radical (unpaired) electrons. The molecule has 0 aliphatic carbocycles. The fraction of sp³-hybridized carbons (Fsp3) is 0.705. The number of hydrogen-bond donors (Lipinski definition) is 5. The maximum Gasteiger partial charge on any atom is 0.316 e. The molecule has 4 aliphatic heterocycles. The summed E-state index contributed by atoms with van der Waals surface area (Å²) in [6, 6.07) is 9.08. The normalized spacial score (nSPS) is 39.3. The Balaban J connectivity index is 1.44. The van der Waals surface area contributed by atoms with Crippen molar-refractivity contribution < 1.29 is 54.0 Å². The third-order valence-corrected chi connectivity index (χ3v) is 14.9. The van der Waals surface area contributed by atoms with E-state index in [9.17, 15) is 30.2 Å². The Labute approximate surface area is 368 Å². The summed E-state index contributed by atoms with van der Waals surface area (Å²) >= 11 is 1.52. The molecular formula is C44H66N6O11S. The molecule has 62 heavy (non-hydrogen) atoms. The molecule has 6 rings (SSSR count). The molecule has 3 fully saturated rings. The monoisotopic (exact) mass is 886 g/mol. The van der Waals surface area contributed by atoms with Crippen LogP contribution in [0.25, 0.3) is 10.6 Å². The minimum Gasteiger partial charge on any atom is -0.572 e. The zero-order valence-electron chi connectivity index (χ0n) is 37.5. The predicted molar refractivity (Wildman–Crippen MR) is 232 cm³/mol. The number of cyclic esters (lactones) is 1. The molecule has 0 saturated carbocycles. The Morgan fingerprint density at radius 1 is 1.18 bits per heavy atom. The van der Waals surface area contributed by atoms with Gasteiger partial charge in [0.05, 0.1) is 29.5 Å². The number of aliphatic hydroxyl groups is 2. The Bertz CT molecular complexity index is 1960. The highest BCUT2D eigenvalue weighted by Gasteiger charge is 2.74. The highest BCUT2D eigenvalue weighted by molar-refractivity contribution is 7.15. The molecule has 6 N–H and O–H groups in total. The quantitative estimate of drug-likeness (QED) is 0.0710. The number of aromatic nitrogens is 1. The number of thiophene rings is 1. The summed E-state index contributed by atoms with van der Waals surface area (Å²) in [4.78, 5) is 42.0. The summed E-state index contributed by atoms with van der Waals surface area (Å²) in [6.07, 6.45) is -2.34. The number of nitrogens with one attached hydrogen (secondary N) is 1. The third-order valence-electron chi connectivity index (χ3n) is 13.8. The van der Waals surface area contributed by atoms with Crippen LogP contribution in [0.15, 0.2) is 40.4 Å². The van der Waals surface area contributed by atoms with Gasteiger partial charge in [0.1, 0.15) is 46.9 Å². The lowest BCUT2D eigenvalue weighted by molar-refractivity contribution is -1.05. The topological polar surface area (TPSA) is 239 Å². The third kappa shape index (κ3) is 9.71. The van der Waals surface area contributed by atoms with Crippen LogP contribution < -0.4 is 11.1 Å². The number of carbonyl (C=O) groups excluding carboxylic acids is 2. The molecule has 0 aromatic carbocycles. The van der Waals surface area contributed by atoms with Crippen molar-refractivity contribution in [3.8, 4) is 10.6 Å². The number of nitrogens with two attached hydrogens (primary N) is 1. The van der Waals surface area contributed by atoms with Gasteiger partial charge in [0.25, 0.3) is 0 Å². The van der Waals surface area contributed by atoms with Gasteiger partial charge in [-0.3, -0.25) is 14.6 Å². The number of Topliss-reactive ketones (excluding diaryl/α,β-unsaturated/α-hetero) is 1. The van der Waals surface area contributed by atoms with E-state index in [0.717, 1.165) is 15.4 Å². The molecule has 17 nitrogen and oxygen atoms in total. The van der Waals surface area contributed by atoms with Crippen molar-refractivity contribution in [3.05, 3.63) is 40.4 Å². The lowest BCUT2D eigenvalue weighted by Crippen LogP contribution is -2.99. The van der Waals surface area contributed by atoms with Crippen molar-refractivity contribution in [3.63, 3.8) is 0 Å². The number of quaternary nitrogens is 1. The summed E-state index contributed by atoms with van der Waals surface area (Å²) in [5.41, 5.74) is 3.26. The molecule has 0 amide bonds. The first-order valence-corrected chi connectivity index (χ1v) is 22.5. The zero-order chi connectivity index (χ0) is 45.5. The predicted octanol–water partition coefficient (Wildman–Crippen LogP) is 3.77. The number of hydrogen-bond acceptors (Lipinski definition) is 17. The van der Waals surface area contributed by atoms with Gasteiger partial charge in [-0.2, -0.15) is 5.21 Å². The number of nitrogen functional groups attached to an aromatic ring is 1. The van der Waals surface area contributed by atoms with E-state index < -0.39 is 94.3 Å². The van der Waals surface area contributed by atoms with E-state index in [4.69, 9.17) is 34.4 Å². The summed E-state index contributed by atoms with van der Waals surface area (Å²) in [5.74, 6) is -4.71. The SMILES string of the molecule is CC[C@H]1OC(=O)C(C)C(=O)[C@H](C)[C@@H](O[C@@H]2OC(C)CC(N(C)C)[C@H]2O)[C@]2(C)OC2([C@@H](C)/C=N\[NH+]([O-])O)CC2=NC(OCc3ccc(-c4cccc(N)n4)s3)C(C)C(CC2)[C@]1(C)O. The second-order valence-electron chi connectivity index (χ2n) is 18.3. The average molecular weight is 887 g/mol. The van der Waals surface area contributed by atoms with Crippen LogP contribution in [0.3, 0.4) is 0 Å². The number of esters is 1. The zero-order valence-corrected chi connectivity index (χ0v) is 38.3. The number of rotatable bonds is 11. The molecule has 2 bridgehead atoms. The van der Waals surface area contributed by atoms with Crippen LogP contribution in [-0.4, -0.2) is 123 Å². The maximum absolute atomic E-state index is 14.5. The van der Waals surface area contributed by atoms with Crippen LogP contribution in [0, 0.1) is 34.8 Å². The van der Waals surface area contributed by atoms with E-state index in [0.29, 0.717) is 30.8 Å². The van der Waals surface area contributed by atoms with Gasteiger partial charge < -0.3 is 49.7 Å². The minimum absolute atomic E-state index is 0.162. The molecule has 3 saturated heterocycles. The smallest absolute Gasteiger partial charge is 0.316 e. The molecule has 2 aromatic heterocycles. The number of epoxide rings is 1. The first kappa shape index (κ1) is 48.2. The highest BCUT2D eigenvalue weighted by Crippen LogP contribution is 2.60. The molecule has 0 spiro atoms. The number of aliphatic hydroxyl groups excluding tert-OH is 1. The fourth-order valence-electron chi connectivity index (χ4n) is 10.1. The summed E-state index contributed by atoms with van der Waals surface area (Å²) in [7, 11) is 3.72. The summed E-state index contributed by atoms with van der Waals surface area (Å²) in [5, 5.41) is 47.9. The number of nitrogens with zero attached hydrogens (tertiary/aromatic N) is 4. The molecular weight excluding hydrogens is 821 g/mol. The number of fused-ring (bicyclic) bond motifs is 4. The molecule has 8 unspecified atom stereocenters. The van der Waals surface area contributed by atoms with Crippen LogP contribution in [0.1, 0.15) is 92.4 Å². The van der Waals surface area contributed by atoms with Crippen molar-refractivity contribution in [1.82, 2.24) is 9.88 Å². The Kier molecular flexibility index (Phi) is 14.8. The van der Waals surface area contributed by atoms with E-state index in [1.165, 1.54) is 24.5 Å². The number of carbonyl (C=O) groups is 2. The van der Waals surface area contributed by atoms with E-state index >= 15 is 0 Å². The number of aliphatic imine (C=N–C) groups is 1. The fourth-order valence-corrected chi connectivity index (χ4v) is 11.0. The first-order chi connectivity index (χ1) is 29.1. The van der Waals surface area contributed by atoms with Gasteiger partial charge >= 0.3 is 5.97 Å². The van der Waals surface area contributed by atoms with Crippen molar-refractivity contribution in [2.75, 3.05) is 19.8 Å². The van der Waals surface area contributed by atoms with Gasteiger partial charge in [-0.1, -0.05) is 38.9 Å². The maximum atomic E-state index is 14.5. The van der Waals surface area contributed by atoms with Crippen molar-refractivity contribution in [1.29, 1.82) is 0 Å². The number of pyridine rings is 1. The van der Waals surface area contributed by atoms with Gasteiger partial charge in [0.2, 0.25) is 0 Å². The lowest BCUT2D eigenvalue weighted by atomic mass is 9.72. The number of likely N-dealkylation sites (N-methyl/N-ethyl adjacent to an activating group) is 1. The molecule has 18 heteroatoms. The molecule has 2 aromatic rings. The molecule has 6 heterocycles. The van der Waals surface area contributed by atoms with Crippen LogP contribution in [-0.2, 0) is 39.9 Å². The van der Waals surface area contributed by atoms with Gasteiger partial charge in [-0.15, -0.1) is 16.7 Å². The van der Waals surface area contributed by atoms with Crippen LogP contribution in [0.5, 0.6) is 0 Å². The summed E-state index contributed by atoms with van der Waals surface area (Å²) in [6.45, 7) is 14.3. The standard InChI is InChI=1S/C44H66N6O11S/c1-11-34-42(7,54)30-17-15-28(47-39(25(30)4)57-22-29-16-18-33(62-29)31-13-12-14-35(45)48-31)20-44(23(2)21-46-50(55)56)43(8,61-44)38(26(5)36(51)27(6)40(53)59-34)60-41-37(52)32(49(9)10)19-24(3)58-41/h12-14,16,18,21,23-27,30,32,34,37-39,41,50,52,54-55H,11,15,17,19-20,22H2,1-10H3,(H2,45,48)/b46-21-/t23-,24?,25?,26-,27?,30?,32?,34+,37+,38+,39?,41-,42-,43-,44?/m0/s1. The van der Waals surface area contributed by atoms with Crippen LogP contribution in [0.4, 0.5) is 5.82 Å². The number of ketones is 1. The Hall–Kier alpha value is -3.27. The largest absolute Gasteiger partial charge is 0.572 e. The van der Waals surface area contributed by atoms with Gasteiger partial charge in [0.15, 0.2) is 18.3 Å². The average Bonchev–Trinajstić information content (AvgIpc) is 3.61. The molecule has 344 valence electrons. The molecule has 4 aliphatic rings. The van der Waals surface area contributed by atoms with Gasteiger partial charge in [-0.05, 0) is 97.7 Å². The first-order valence-electron chi connectivity index (χ1n) is 21.7. The lowest BCUT2D eigenvalue weighted by Gasteiger charge is -2.43. The van der Waals surface area contributed by atoms with Crippen molar-refractivity contribution in [2.24, 2.45) is 39.7 Å². The summed E-state index contributed by atoms with van der Waals surface area (Å²) < 4.78 is 32.6. The van der Waals surface area contributed by atoms with E-state index in [-0.39, 0.29) is 31.6 Å². The van der Waals surface area contributed by atoms with Crippen LogP contribution in [0.2, 0.25) is 0 Å². The van der Waals surface area contributed by atoms with Crippen molar-refractivity contribution in [2.45, 2.75) is 154 Å². The second-order valence-corrected chi connectivity index (χ2v) is 19.5. The highest BCUT2D eigenvalue weighted by atomic mass is 32.1. The number of ether oxygens (including phenoxy) is 5. The second kappa shape index (κ2) is 19.1. The van der Waals surface area contributed by atoms with Gasteiger partial charge in [-0.25, -0.2) is 4.98 Å². The number of anilines is 1. The Morgan fingerprint density at radius 3 is 2.56 bits per heavy atom. The van der Waals surface area contributed by atoms with Crippen LogP contribution >= 0.6 is 11.3 Å².